The summed E-state index contributed by atoms with van der Waals surface area (Å²) in [6.07, 6.45) is -0.266. The van der Waals surface area contributed by atoms with Gasteiger partial charge in [0, 0.05) is 55.4 Å². The number of aromatic nitrogens is 1. The lowest BCUT2D eigenvalue weighted by atomic mass is 9.82. The number of amidine groups is 2. The van der Waals surface area contributed by atoms with Gasteiger partial charge in [0.25, 0.3) is 0 Å². The zero-order chi connectivity index (χ0) is 35.3. The molecule has 1 aliphatic carbocycles. The van der Waals surface area contributed by atoms with E-state index in [4.69, 9.17) is 14.4 Å². The highest BCUT2D eigenvalue weighted by atomic mass is 16.3. The van der Waals surface area contributed by atoms with Crippen molar-refractivity contribution in [2.75, 3.05) is 0 Å². The second kappa shape index (κ2) is 11.1. The molecule has 1 unspecified atom stereocenters. The van der Waals surface area contributed by atoms with Gasteiger partial charge in [0.2, 0.25) is 0 Å². The van der Waals surface area contributed by atoms with Gasteiger partial charge >= 0.3 is 0 Å². The monoisotopic (exact) mass is 682 g/mol. The molecule has 53 heavy (non-hydrogen) atoms. The number of nitrogens with one attached hydrogen (secondary N) is 1. The summed E-state index contributed by atoms with van der Waals surface area (Å²) in [5.41, 5.74) is 13.4. The van der Waals surface area contributed by atoms with E-state index in [1.165, 1.54) is 44.1 Å². The van der Waals surface area contributed by atoms with Crippen LogP contribution in [0.15, 0.2) is 172 Å². The maximum atomic E-state index is 6.72. The molecule has 0 bridgehead atoms. The van der Waals surface area contributed by atoms with Crippen molar-refractivity contribution in [3.8, 4) is 16.8 Å². The molecule has 0 amide bonds. The lowest BCUT2D eigenvalue weighted by Crippen LogP contribution is -2.33. The third-order valence-corrected chi connectivity index (χ3v) is 11.3. The molecule has 3 heterocycles. The van der Waals surface area contributed by atoms with Gasteiger partial charge in [-0.25, -0.2) is 9.98 Å². The number of para-hydroxylation sites is 1. The largest absolute Gasteiger partial charge is 0.456 e. The van der Waals surface area contributed by atoms with Crippen molar-refractivity contribution in [3.63, 3.8) is 0 Å². The summed E-state index contributed by atoms with van der Waals surface area (Å²) in [6, 6.07) is 55.8. The zero-order valence-electron chi connectivity index (χ0n) is 29.3. The highest BCUT2D eigenvalue weighted by Crippen LogP contribution is 2.53. The number of furan rings is 1. The molecule has 0 radical (unpaired) electrons. The van der Waals surface area contributed by atoms with Crippen LogP contribution in [-0.2, 0) is 5.41 Å². The smallest absolute Gasteiger partial charge is 0.159 e. The van der Waals surface area contributed by atoms with Gasteiger partial charge in [-0.2, -0.15) is 0 Å². The Balaban J connectivity index is 1.08. The highest BCUT2D eigenvalue weighted by Gasteiger charge is 2.37. The van der Waals surface area contributed by atoms with Crippen LogP contribution >= 0.6 is 0 Å². The first-order chi connectivity index (χ1) is 26.0. The summed E-state index contributed by atoms with van der Waals surface area (Å²) >= 11 is 0. The van der Waals surface area contributed by atoms with Crippen LogP contribution in [0.2, 0.25) is 0 Å². The molecule has 1 N–H and O–H groups in total. The van der Waals surface area contributed by atoms with Crippen LogP contribution in [0.25, 0.3) is 60.6 Å². The van der Waals surface area contributed by atoms with Gasteiger partial charge in [-0.15, -0.1) is 0 Å². The fraction of sp³-hybridized carbons (Fsp3) is 0.0833. The average molecular weight is 683 g/mol. The van der Waals surface area contributed by atoms with Crippen LogP contribution in [0.4, 0.5) is 0 Å². The van der Waals surface area contributed by atoms with E-state index < -0.39 is 0 Å². The number of hydrogen-bond acceptors (Lipinski definition) is 4. The Labute approximate surface area is 306 Å². The van der Waals surface area contributed by atoms with Crippen molar-refractivity contribution in [1.29, 1.82) is 0 Å². The molecule has 1 atom stereocenters. The number of hydrogen-bond donors (Lipinski definition) is 1. The van der Waals surface area contributed by atoms with Gasteiger partial charge < -0.3 is 14.3 Å². The fourth-order valence-electron chi connectivity index (χ4n) is 8.68. The van der Waals surface area contributed by atoms with Gasteiger partial charge in [0.05, 0.1) is 11.0 Å². The normalized spacial score (nSPS) is 16.1. The Morgan fingerprint density at radius 2 is 1.30 bits per heavy atom. The molecule has 5 nitrogen and oxygen atoms in total. The Hall–Kier alpha value is -6.72. The molecular formula is C48H34N4O. The van der Waals surface area contributed by atoms with Crippen LogP contribution in [-0.4, -0.2) is 16.2 Å². The van der Waals surface area contributed by atoms with E-state index >= 15 is 0 Å². The Kier molecular flexibility index (Phi) is 6.30. The minimum atomic E-state index is -0.266. The van der Waals surface area contributed by atoms with Gasteiger partial charge in [-0.3, -0.25) is 0 Å². The second-order valence-electron chi connectivity index (χ2n) is 14.6. The molecule has 0 saturated carbocycles. The highest BCUT2D eigenvalue weighted by molar-refractivity contribution is 6.17. The van der Waals surface area contributed by atoms with Crippen LogP contribution in [0, 0.1) is 0 Å². The van der Waals surface area contributed by atoms with Gasteiger partial charge in [0.1, 0.15) is 23.2 Å². The van der Waals surface area contributed by atoms with Crippen molar-refractivity contribution in [2.45, 2.75) is 25.4 Å². The lowest BCUT2D eigenvalue weighted by Gasteiger charge is -2.23. The molecule has 252 valence electrons. The predicted octanol–water partition coefficient (Wildman–Crippen LogP) is 11.5. The number of nitrogens with zero attached hydrogens (tertiary/aromatic N) is 3. The quantitative estimate of drug-likeness (QED) is 0.201. The molecule has 2 aromatic heterocycles. The number of rotatable bonds is 4. The Bertz CT molecular complexity index is 3000. The molecule has 5 heteroatoms. The van der Waals surface area contributed by atoms with E-state index in [0.717, 1.165) is 50.2 Å². The first-order valence-corrected chi connectivity index (χ1v) is 18.2. The Morgan fingerprint density at radius 3 is 2.15 bits per heavy atom. The first kappa shape index (κ1) is 30.0. The van der Waals surface area contributed by atoms with Crippen molar-refractivity contribution in [3.05, 3.63) is 186 Å². The minimum Gasteiger partial charge on any atom is -0.456 e. The van der Waals surface area contributed by atoms with E-state index in [1.54, 1.807) is 0 Å². The number of benzene rings is 7. The molecule has 9 aromatic rings. The summed E-state index contributed by atoms with van der Waals surface area (Å²) < 4.78 is 9.16. The van der Waals surface area contributed by atoms with E-state index in [-0.39, 0.29) is 11.6 Å². The van der Waals surface area contributed by atoms with Crippen molar-refractivity contribution >= 4 is 55.4 Å². The first-order valence-electron chi connectivity index (χ1n) is 18.2. The van der Waals surface area contributed by atoms with Crippen molar-refractivity contribution in [2.24, 2.45) is 9.98 Å². The van der Waals surface area contributed by atoms with Crippen molar-refractivity contribution < 1.29 is 4.42 Å². The third kappa shape index (κ3) is 4.44. The maximum absolute atomic E-state index is 6.72. The van der Waals surface area contributed by atoms with E-state index in [2.05, 4.69) is 145 Å². The maximum Gasteiger partial charge on any atom is 0.159 e. The zero-order valence-corrected chi connectivity index (χ0v) is 29.3. The molecule has 0 fully saturated rings. The molecule has 7 aromatic carbocycles. The third-order valence-electron chi connectivity index (χ3n) is 11.3. The predicted molar refractivity (Wildman–Crippen MR) is 217 cm³/mol. The standard InChI is InChI=1S/C48H34N4O/c1-48(2)38-19-11-9-18-37(38)43-39(48)26-25-36-33-17-10-12-20-40(33)52(44(36)43)32-22-24-35-34-23-21-31(27-41(34)53-42(35)28-32)47-50-45(29-13-5-3-6-14-29)49-46(51-47)30-15-7-4-8-16-30/h3-28,45H,1-2H3,(H,49,50,51). The van der Waals surface area contributed by atoms with Crippen LogP contribution < -0.4 is 5.32 Å². The van der Waals surface area contributed by atoms with Gasteiger partial charge in [-0.05, 0) is 52.6 Å². The molecular weight excluding hydrogens is 649 g/mol. The molecule has 0 spiro atoms. The lowest BCUT2D eigenvalue weighted by molar-refractivity contribution is 0.660. The summed E-state index contributed by atoms with van der Waals surface area (Å²) in [4.78, 5) is 10.1. The van der Waals surface area contributed by atoms with Crippen LogP contribution in [0.3, 0.4) is 0 Å². The summed E-state index contributed by atoms with van der Waals surface area (Å²) in [5, 5.41) is 8.20. The summed E-state index contributed by atoms with van der Waals surface area (Å²) in [7, 11) is 0. The van der Waals surface area contributed by atoms with E-state index in [1.807, 2.05) is 36.4 Å². The minimum absolute atomic E-state index is 0.0898. The van der Waals surface area contributed by atoms with Gasteiger partial charge in [0.15, 0.2) is 5.84 Å². The van der Waals surface area contributed by atoms with Crippen LogP contribution in [0.1, 0.15) is 47.8 Å². The molecule has 2 aliphatic rings. The van der Waals surface area contributed by atoms with Crippen LogP contribution in [0.5, 0.6) is 0 Å². The molecule has 0 saturated heterocycles. The SMILES string of the molecule is CC1(C)c2ccccc2-c2c1ccc1c3ccccc3n(-c3ccc4c(c3)oc3cc(C5=NC(c6ccccc6)NC(c6ccccc6)=N5)ccc34)c21. The molecule has 1 aliphatic heterocycles. The van der Waals surface area contributed by atoms with E-state index in [0.29, 0.717) is 5.84 Å². The average Bonchev–Trinajstić information content (AvgIpc) is 3.83. The van der Waals surface area contributed by atoms with E-state index in [9.17, 15) is 0 Å². The van der Waals surface area contributed by atoms with Crippen molar-refractivity contribution in [1.82, 2.24) is 9.88 Å². The fourth-order valence-corrected chi connectivity index (χ4v) is 8.68. The number of aliphatic imine (C=N–C) groups is 2. The van der Waals surface area contributed by atoms with Gasteiger partial charge in [-0.1, -0.05) is 135 Å². The molecule has 11 rings (SSSR count). The topological polar surface area (TPSA) is 54.8 Å². The summed E-state index contributed by atoms with van der Waals surface area (Å²) in [6.45, 7) is 4.69. The second-order valence-corrected chi connectivity index (χ2v) is 14.6. The number of fused-ring (bicyclic) bond motifs is 10. The summed E-state index contributed by atoms with van der Waals surface area (Å²) in [5.74, 6) is 1.46. The Morgan fingerprint density at radius 1 is 0.604 bits per heavy atom.